The van der Waals surface area contributed by atoms with Crippen molar-refractivity contribution in [2.24, 2.45) is 0 Å². The van der Waals surface area contributed by atoms with E-state index in [1.807, 2.05) is 21.1 Å². The second-order valence-corrected chi connectivity index (χ2v) is 22.1. The van der Waals surface area contributed by atoms with E-state index in [-0.39, 0.29) is 19.1 Å². The average Bonchev–Trinajstić information content (AvgIpc) is 3.28. The third kappa shape index (κ3) is 50.6. The van der Waals surface area contributed by atoms with Crippen LogP contribution in [0.15, 0.2) is 36.5 Å². The summed E-state index contributed by atoms with van der Waals surface area (Å²) in [6.45, 7) is 4.80. The highest BCUT2D eigenvalue weighted by Crippen LogP contribution is 2.43. The number of allylic oxidation sites excluding steroid dienone is 6. The lowest BCUT2D eigenvalue weighted by atomic mass is 10.0. The standard InChI is InChI=1S/C57H111N2O6P/c1-6-8-10-12-14-16-18-20-22-24-25-26-27-28-29-30-31-32-33-35-36-38-40-42-44-46-48-50-56(60)55(54-65-66(62,63)64-53-52-59(3,4)5)58-57(61)51-49-47-45-43-41-39-37-34-23-21-19-17-15-13-11-9-7-2/h9,11,15,17,21,23,55-56,60H,6-8,10,12-14,16,18-20,22,24-54H2,1-5H3,(H-,58,61,62,63)/p+1/b11-9-,17-15-,23-21-. The first-order valence-corrected chi connectivity index (χ1v) is 29.8. The summed E-state index contributed by atoms with van der Waals surface area (Å²) < 4.78 is 23.8. The van der Waals surface area contributed by atoms with Crippen molar-refractivity contribution in [1.29, 1.82) is 0 Å². The number of aliphatic hydroxyl groups is 1. The Kier molecular flexibility index (Phi) is 47.8. The lowest BCUT2D eigenvalue weighted by Gasteiger charge is -2.26. The molecule has 0 aliphatic carbocycles. The Bertz CT molecular complexity index is 1170. The number of unbranched alkanes of at least 4 members (excludes halogenated alkanes) is 33. The Morgan fingerprint density at radius 2 is 0.909 bits per heavy atom. The summed E-state index contributed by atoms with van der Waals surface area (Å²) in [6.07, 6.45) is 62.0. The second kappa shape index (κ2) is 48.7. The quantitative estimate of drug-likeness (QED) is 0.0243. The van der Waals surface area contributed by atoms with Crippen LogP contribution in [-0.4, -0.2) is 73.4 Å². The number of hydrogen-bond donors (Lipinski definition) is 3. The largest absolute Gasteiger partial charge is 0.472 e. The van der Waals surface area contributed by atoms with Crippen LogP contribution in [-0.2, 0) is 18.4 Å². The molecular weight excluding hydrogens is 840 g/mol. The third-order valence-corrected chi connectivity index (χ3v) is 13.9. The summed E-state index contributed by atoms with van der Waals surface area (Å²) in [7, 11) is 1.61. The van der Waals surface area contributed by atoms with Crippen molar-refractivity contribution in [1.82, 2.24) is 5.32 Å². The number of carbonyl (C=O) groups excluding carboxylic acids is 1. The molecule has 0 aromatic rings. The van der Waals surface area contributed by atoms with E-state index >= 15 is 0 Å². The molecule has 390 valence electrons. The highest BCUT2D eigenvalue weighted by molar-refractivity contribution is 7.47. The fourth-order valence-electron chi connectivity index (χ4n) is 8.48. The Balaban J connectivity index is 4.13. The predicted molar refractivity (Wildman–Crippen MR) is 286 cm³/mol. The van der Waals surface area contributed by atoms with Gasteiger partial charge >= 0.3 is 7.82 Å². The first-order valence-electron chi connectivity index (χ1n) is 28.4. The Hall–Kier alpha value is -1.28. The maximum Gasteiger partial charge on any atom is 0.472 e. The zero-order valence-corrected chi connectivity index (χ0v) is 45.3. The van der Waals surface area contributed by atoms with E-state index in [1.54, 1.807) is 0 Å². The summed E-state index contributed by atoms with van der Waals surface area (Å²) >= 11 is 0. The van der Waals surface area contributed by atoms with Gasteiger partial charge in [-0.25, -0.2) is 4.57 Å². The first-order chi connectivity index (χ1) is 32.0. The molecule has 0 bridgehead atoms. The number of carbonyl (C=O) groups is 1. The summed E-state index contributed by atoms with van der Waals surface area (Å²) in [6, 6.07) is -0.767. The van der Waals surface area contributed by atoms with E-state index < -0.39 is 20.0 Å². The van der Waals surface area contributed by atoms with Crippen LogP contribution in [0.2, 0.25) is 0 Å². The van der Waals surface area contributed by atoms with Crippen molar-refractivity contribution >= 4 is 13.7 Å². The highest BCUT2D eigenvalue weighted by atomic mass is 31.2. The van der Waals surface area contributed by atoms with Crippen molar-refractivity contribution in [3.63, 3.8) is 0 Å². The summed E-state index contributed by atoms with van der Waals surface area (Å²) in [4.78, 5) is 23.3. The Labute approximate surface area is 410 Å². The van der Waals surface area contributed by atoms with Crippen LogP contribution >= 0.6 is 7.82 Å². The average molecular weight is 953 g/mol. The minimum Gasteiger partial charge on any atom is -0.391 e. The van der Waals surface area contributed by atoms with Gasteiger partial charge in [0.25, 0.3) is 0 Å². The molecule has 9 heteroatoms. The van der Waals surface area contributed by atoms with Gasteiger partial charge in [-0.15, -0.1) is 0 Å². The number of rotatable bonds is 52. The number of aliphatic hydroxyl groups excluding tert-OH is 1. The molecule has 0 saturated carbocycles. The topological polar surface area (TPSA) is 105 Å². The van der Waals surface area contributed by atoms with E-state index in [2.05, 4.69) is 55.6 Å². The fourth-order valence-corrected chi connectivity index (χ4v) is 9.21. The van der Waals surface area contributed by atoms with Gasteiger partial charge in [-0.2, -0.15) is 0 Å². The molecule has 3 N–H and O–H groups in total. The summed E-state index contributed by atoms with van der Waals surface area (Å²) in [5, 5.41) is 14.1. The molecule has 0 fully saturated rings. The number of nitrogens with zero attached hydrogens (tertiary/aromatic N) is 1. The van der Waals surface area contributed by atoms with Gasteiger partial charge in [-0.05, 0) is 44.9 Å². The van der Waals surface area contributed by atoms with Gasteiger partial charge < -0.3 is 19.8 Å². The number of nitrogens with one attached hydrogen (secondary N) is 1. The highest BCUT2D eigenvalue weighted by Gasteiger charge is 2.28. The molecule has 1 amide bonds. The van der Waals surface area contributed by atoms with Gasteiger partial charge in [0.15, 0.2) is 0 Å². The van der Waals surface area contributed by atoms with Gasteiger partial charge in [-0.1, -0.05) is 256 Å². The first kappa shape index (κ1) is 64.7. The normalized spacial score (nSPS) is 14.2. The molecule has 8 nitrogen and oxygen atoms in total. The van der Waals surface area contributed by atoms with Gasteiger partial charge in [-0.3, -0.25) is 13.8 Å². The van der Waals surface area contributed by atoms with Crippen molar-refractivity contribution in [3.05, 3.63) is 36.5 Å². The summed E-state index contributed by atoms with van der Waals surface area (Å²) in [5.74, 6) is -0.152. The van der Waals surface area contributed by atoms with Gasteiger partial charge in [0.2, 0.25) is 5.91 Å². The summed E-state index contributed by atoms with van der Waals surface area (Å²) in [5.41, 5.74) is 0. The molecule has 0 aromatic carbocycles. The number of phosphoric acid groups is 1. The van der Waals surface area contributed by atoms with Gasteiger partial charge in [0.1, 0.15) is 13.2 Å². The van der Waals surface area contributed by atoms with Gasteiger partial charge in [0.05, 0.1) is 39.9 Å². The Morgan fingerprint density at radius 3 is 1.33 bits per heavy atom. The smallest absolute Gasteiger partial charge is 0.391 e. The van der Waals surface area contributed by atoms with Crippen LogP contribution in [0.4, 0.5) is 0 Å². The molecule has 0 radical (unpaired) electrons. The monoisotopic (exact) mass is 952 g/mol. The fraction of sp³-hybridized carbons (Fsp3) is 0.877. The number of hydrogen-bond acceptors (Lipinski definition) is 5. The molecule has 0 aromatic heterocycles. The number of quaternary nitrogens is 1. The van der Waals surface area contributed by atoms with Crippen LogP contribution in [0, 0.1) is 0 Å². The van der Waals surface area contributed by atoms with E-state index in [1.165, 1.54) is 180 Å². The van der Waals surface area contributed by atoms with Crippen molar-refractivity contribution in [3.8, 4) is 0 Å². The van der Waals surface area contributed by atoms with Crippen molar-refractivity contribution in [2.75, 3.05) is 40.9 Å². The van der Waals surface area contributed by atoms with E-state index in [0.717, 1.165) is 64.2 Å². The zero-order valence-electron chi connectivity index (χ0n) is 44.4. The molecule has 0 aliphatic rings. The Morgan fingerprint density at radius 1 is 0.530 bits per heavy atom. The van der Waals surface area contributed by atoms with Crippen LogP contribution in [0.3, 0.4) is 0 Å². The molecule has 0 spiro atoms. The minimum atomic E-state index is -4.33. The molecular formula is C57H112N2O6P+. The minimum absolute atomic E-state index is 0.0724. The SMILES string of the molecule is CC/C=C\C/C=C\C/C=C\CCCCCCCCCC(=O)NC(COP(=O)(O)OCC[N+](C)(C)C)C(O)CCCCCCCCCCCCCCCCCCCCCCCCCCCCC. The number of likely N-dealkylation sites (N-methyl/N-ethyl adjacent to an activating group) is 1. The maximum absolute atomic E-state index is 13.0. The molecule has 0 aliphatic heterocycles. The van der Waals surface area contributed by atoms with E-state index in [4.69, 9.17) is 9.05 Å². The molecule has 66 heavy (non-hydrogen) atoms. The van der Waals surface area contributed by atoms with Crippen LogP contribution in [0.1, 0.15) is 271 Å². The maximum atomic E-state index is 13.0. The van der Waals surface area contributed by atoms with Crippen molar-refractivity contribution in [2.45, 2.75) is 283 Å². The number of phosphoric ester groups is 1. The molecule has 0 rings (SSSR count). The molecule has 0 heterocycles. The second-order valence-electron chi connectivity index (χ2n) is 20.6. The van der Waals surface area contributed by atoms with Crippen LogP contribution in [0.5, 0.6) is 0 Å². The molecule has 0 saturated heterocycles. The predicted octanol–water partition coefficient (Wildman–Crippen LogP) is 17.0. The molecule has 3 atom stereocenters. The molecule has 3 unspecified atom stereocenters. The zero-order chi connectivity index (χ0) is 48.5. The van der Waals surface area contributed by atoms with E-state index in [0.29, 0.717) is 23.9 Å². The van der Waals surface area contributed by atoms with Crippen LogP contribution in [0.25, 0.3) is 0 Å². The lowest BCUT2D eigenvalue weighted by molar-refractivity contribution is -0.870. The van der Waals surface area contributed by atoms with E-state index in [9.17, 15) is 19.4 Å². The van der Waals surface area contributed by atoms with Gasteiger partial charge in [0, 0.05) is 6.42 Å². The number of amides is 1. The third-order valence-electron chi connectivity index (χ3n) is 12.9. The lowest BCUT2D eigenvalue weighted by Crippen LogP contribution is -2.46. The van der Waals surface area contributed by atoms with Crippen molar-refractivity contribution < 1.29 is 32.9 Å². The van der Waals surface area contributed by atoms with Crippen LogP contribution < -0.4 is 5.32 Å².